The van der Waals surface area contributed by atoms with Crippen molar-refractivity contribution in [3.8, 4) is 0 Å². The lowest BCUT2D eigenvalue weighted by molar-refractivity contribution is -0.161. The van der Waals surface area contributed by atoms with Crippen LogP contribution in [0, 0.1) is 0 Å². The molecule has 0 rings (SSSR count). The van der Waals surface area contributed by atoms with Gasteiger partial charge in [-0.3, -0.25) is 37.3 Å². The topological polar surface area (TPSA) is 237 Å². The Balaban J connectivity index is 5.47. The summed E-state index contributed by atoms with van der Waals surface area (Å²) in [7, 11) is -10.0. The minimum Gasteiger partial charge on any atom is -0.462 e. The van der Waals surface area contributed by atoms with E-state index in [-0.39, 0.29) is 25.7 Å². The third-order valence-electron chi connectivity index (χ3n) is 17.0. The van der Waals surface area contributed by atoms with Gasteiger partial charge in [-0.25, -0.2) is 9.13 Å². The van der Waals surface area contributed by atoms with Gasteiger partial charge in [-0.1, -0.05) is 314 Å². The van der Waals surface area contributed by atoms with Gasteiger partial charge in [0.2, 0.25) is 0 Å². The number of hydrogen-bond acceptors (Lipinski definition) is 15. The fourth-order valence-corrected chi connectivity index (χ4v) is 12.3. The quantitative estimate of drug-likeness (QED) is 0.0169. The molecule has 0 aliphatic rings. The first-order valence-electron chi connectivity index (χ1n) is 41.7. The summed E-state index contributed by atoms with van der Waals surface area (Å²) in [5.41, 5.74) is 0. The Morgan fingerprint density at radius 1 is 0.269 bits per heavy atom. The van der Waals surface area contributed by atoms with Crippen molar-refractivity contribution in [1.29, 1.82) is 0 Å². The molecule has 0 heterocycles. The van der Waals surface area contributed by atoms with Crippen molar-refractivity contribution >= 4 is 39.5 Å². The molecule has 5 unspecified atom stereocenters. The van der Waals surface area contributed by atoms with Crippen molar-refractivity contribution in [2.24, 2.45) is 0 Å². The second-order valence-corrected chi connectivity index (χ2v) is 30.2. The molecule has 0 aromatic carbocycles. The smallest absolute Gasteiger partial charge is 0.462 e. The lowest BCUT2D eigenvalue weighted by Gasteiger charge is -2.21. The van der Waals surface area contributed by atoms with Gasteiger partial charge in [-0.05, 0) is 141 Å². The Labute approximate surface area is 655 Å². The number of carbonyl (C=O) groups is 4. The predicted molar refractivity (Wildman–Crippen MR) is 445 cm³/mol. The van der Waals surface area contributed by atoms with Crippen molar-refractivity contribution in [2.45, 2.75) is 341 Å². The maximum Gasteiger partial charge on any atom is 0.472 e. The summed E-state index contributed by atoms with van der Waals surface area (Å²) in [6, 6.07) is 0. The third-order valence-corrected chi connectivity index (χ3v) is 18.9. The van der Waals surface area contributed by atoms with Crippen LogP contribution in [-0.2, 0) is 65.4 Å². The van der Waals surface area contributed by atoms with Gasteiger partial charge in [0.1, 0.15) is 19.3 Å². The standard InChI is InChI=1S/C89H148O17P2/c1-5-9-13-17-21-25-29-33-36-39-41-44-47-51-54-58-62-66-70-74-87(92)100-80-85(106-89(94)76-72-68-64-60-56-52-48-45-42-40-37-34-30-26-22-18-14-10-6-2)82-104-108(97,98)102-78-83(90)77-101-107(95,96)103-81-84(105-88(93)75-71-67-63-59-55-49-32-28-24-20-16-12-8-4)79-99-86(91)73-69-65-61-57-53-50-46-43-38-35-31-27-23-19-15-11-7-3/h9,11,13,15,21-23,25-27,33-38,41-42,44-46,50-51,54,62,66,83-85,90H,5-8,10,12,14,16-20,24,28-32,39-40,43,47-49,52-53,55-61,63-65,67-82H2,1-4H3,(H,95,96)(H,97,98)/b13-9-,15-11-,25-21-,26-22-,27-23-,36-33-,37-34-,38-35-,44-41-,45-42-,50-46-,54-51-,66-62-. The summed E-state index contributed by atoms with van der Waals surface area (Å²) in [5.74, 6) is -2.31. The second-order valence-electron chi connectivity index (χ2n) is 27.3. The van der Waals surface area contributed by atoms with Crippen LogP contribution >= 0.6 is 15.6 Å². The van der Waals surface area contributed by atoms with Gasteiger partial charge in [0.05, 0.1) is 26.4 Å². The van der Waals surface area contributed by atoms with Crippen LogP contribution in [0.15, 0.2) is 158 Å². The average Bonchev–Trinajstić information content (AvgIpc) is 0.892. The van der Waals surface area contributed by atoms with Crippen LogP contribution in [0.25, 0.3) is 0 Å². The first-order valence-corrected chi connectivity index (χ1v) is 44.7. The van der Waals surface area contributed by atoms with Crippen LogP contribution in [0.4, 0.5) is 0 Å². The Kier molecular flexibility index (Phi) is 75.8. The van der Waals surface area contributed by atoms with Gasteiger partial charge < -0.3 is 33.8 Å². The zero-order chi connectivity index (χ0) is 78.9. The van der Waals surface area contributed by atoms with E-state index in [0.717, 1.165) is 167 Å². The molecule has 5 atom stereocenters. The summed E-state index contributed by atoms with van der Waals surface area (Å²) >= 11 is 0. The van der Waals surface area contributed by atoms with E-state index < -0.39 is 97.5 Å². The number of phosphoric ester groups is 2. The van der Waals surface area contributed by atoms with E-state index in [4.69, 9.17) is 37.0 Å². The molecule has 0 amide bonds. The molecule has 3 N–H and O–H groups in total. The molecule has 0 aliphatic heterocycles. The Bertz CT molecular complexity index is 2660. The SMILES string of the molecule is CC/C=C\C/C=C\C/C=C\C/C=C\C/C=C\C/C=C\CCC(=O)OCC(COP(=O)(O)OCC(O)COP(=O)(O)OCC(COC(=O)CCCCCC/C=C\C/C=C\C/C=C\C/C=C\CC)OC(=O)CCCCCCCCCCCCCCC)OC(=O)CCCCCCCC/C=C\C/C=C\C/C=C\CCCCC. The van der Waals surface area contributed by atoms with Gasteiger partial charge in [-0.15, -0.1) is 0 Å². The molecule has 0 bridgehead atoms. The number of allylic oxidation sites excluding steroid dienone is 26. The highest BCUT2D eigenvalue weighted by Gasteiger charge is 2.30. The Morgan fingerprint density at radius 3 is 0.815 bits per heavy atom. The number of aliphatic hydroxyl groups excluding tert-OH is 1. The molecule has 0 aliphatic carbocycles. The number of carbonyl (C=O) groups excluding carboxylic acids is 4. The highest BCUT2D eigenvalue weighted by atomic mass is 31.2. The first-order chi connectivity index (χ1) is 52.7. The zero-order valence-electron chi connectivity index (χ0n) is 67.5. The molecular formula is C89H148O17P2. The fourth-order valence-electron chi connectivity index (χ4n) is 10.7. The van der Waals surface area contributed by atoms with E-state index >= 15 is 0 Å². The molecule has 0 spiro atoms. The van der Waals surface area contributed by atoms with Crippen molar-refractivity contribution in [3.05, 3.63) is 158 Å². The van der Waals surface area contributed by atoms with Gasteiger partial charge in [0.15, 0.2) is 12.2 Å². The number of rotatable bonds is 77. The minimum atomic E-state index is -5.01. The second kappa shape index (κ2) is 79.8. The number of esters is 4. The summed E-state index contributed by atoms with van der Waals surface area (Å²) in [6.07, 6.45) is 93.6. The van der Waals surface area contributed by atoms with Crippen LogP contribution in [0.5, 0.6) is 0 Å². The maximum atomic E-state index is 13.1. The van der Waals surface area contributed by atoms with Crippen LogP contribution in [-0.4, -0.2) is 96.7 Å². The molecule has 0 aromatic heterocycles. The van der Waals surface area contributed by atoms with Crippen molar-refractivity contribution in [3.63, 3.8) is 0 Å². The van der Waals surface area contributed by atoms with Gasteiger partial charge >= 0.3 is 39.5 Å². The van der Waals surface area contributed by atoms with Crippen LogP contribution in [0.1, 0.15) is 323 Å². The molecule has 0 radical (unpaired) electrons. The molecular weight excluding hydrogens is 1400 g/mol. The molecule has 0 aromatic rings. The molecule has 19 heteroatoms. The van der Waals surface area contributed by atoms with Crippen molar-refractivity contribution in [1.82, 2.24) is 0 Å². The van der Waals surface area contributed by atoms with Crippen molar-refractivity contribution in [2.75, 3.05) is 39.6 Å². The van der Waals surface area contributed by atoms with Gasteiger partial charge in [0.25, 0.3) is 0 Å². The minimum absolute atomic E-state index is 0.0284. The third kappa shape index (κ3) is 78.8. The Morgan fingerprint density at radius 2 is 0.500 bits per heavy atom. The molecule has 0 saturated carbocycles. The number of ether oxygens (including phenoxy) is 4. The summed E-state index contributed by atoms with van der Waals surface area (Å²) in [6.45, 7) is 4.51. The molecule has 0 fully saturated rings. The average molecular weight is 1550 g/mol. The lowest BCUT2D eigenvalue weighted by atomic mass is 10.0. The molecule has 616 valence electrons. The van der Waals surface area contributed by atoms with E-state index in [9.17, 15) is 43.2 Å². The monoisotopic (exact) mass is 1550 g/mol. The number of phosphoric acid groups is 2. The molecule has 0 saturated heterocycles. The van der Waals surface area contributed by atoms with Gasteiger partial charge in [-0.2, -0.15) is 0 Å². The maximum absolute atomic E-state index is 13.1. The summed E-state index contributed by atoms with van der Waals surface area (Å²) < 4.78 is 68.6. The van der Waals surface area contributed by atoms with E-state index in [0.29, 0.717) is 32.1 Å². The van der Waals surface area contributed by atoms with E-state index in [2.05, 4.69) is 167 Å². The number of unbranched alkanes of at least 4 members (excludes halogenated alkanes) is 25. The van der Waals surface area contributed by atoms with E-state index in [1.165, 1.54) is 70.6 Å². The summed E-state index contributed by atoms with van der Waals surface area (Å²) in [4.78, 5) is 73.1. The Hall–Kier alpha value is -5.32. The first kappa shape index (κ1) is 103. The van der Waals surface area contributed by atoms with E-state index in [1.54, 1.807) is 0 Å². The highest BCUT2D eigenvalue weighted by Crippen LogP contribution is 2.45. The van der Waals surface area contributed by atoms with Gasteiger partial charge in [0, 0.05) is 25.7 Å². The number of aliphatic hydroxyl groups is 1. The zero-order valence-corrected chi connectivity index (χ0v) is 69.3. The van der Waals surface area contributed by atoms with Crippen LogP contribution < -0.4 is 0 Å². The van der Waals surface area contributed by atoms with Crippen LogP contribution in [0.2, 0.25) is 0 Å². The van der Waals surface area contributed by atoms with Crippen molar-refractivity contribution < 1.29 is 80.2 Å². The fraction of sp³-hybridized carbons (Fsp3) is 0.663. The number of hydrogen-bond donors (Lipinski definition) is 3. The summed E-state index contributed by atoms with van der Waals surface area (Å²) in [5, 5.41) is 10.7. The van der Waals surface area contributed by atoms with E-state index in [1.807, 2.05) is 18.2 Å². The largest absolute Gasteiger partial charge is 0.472 e. The highest BCUT2D eigenvalue weighted by molar-refractivity contribution is 7.47. The normalized spacial score (nSPS) is 14.6. The molecule has 108 heavy (non-hydrogen) atoms. The lowest BCUT2D eigenvalue weighted by Crippen LogP contribution is -2.30. The van der Waals surface area contributed by atoms with Crippen LogP contribution in [0.3, 0.4) is 0 Å². The molecule has 17 nitrogen and oxygen atoms in total. The predicted octanol–water partition coefficient (Wildman–Crippen LogP) is 24.8.